The molecule has 1 aliphatic carbocycles. The van der Waals surface area contributed by atoms with Crippen molar-refractivity contribution < 1.29 is 9.53 Å². The molecule has 4 nitrogen and oxygen atoms in total. The minimum Gasteiger partial charge on any atom is -0.444 e. The summed E-state index contributed by atoms with van der Waals surface area (Å²) in [5, 5.41) is 6.06. The molecular weight excluding hydrogens is 288 g/mol. The van der Waals surface area contributed by atoms with Gasteiger partial charge in [-0.1, -0.05) is 36.4 Å². The third-order valence-electron chi connectivity index (χ3n) is 3.55. The van der Waals surface area contributed by atoms with Gasteiger partial charge in [0.25, 0.3) is 0 Å². The van der Waals surface area contributed by atoms with Gasteiger partial charge >= 0.3 is 6.09 Å². The van der Waals surface area contributed by atoms with Crippen molar-refractivity contribution in [3.05, 3.63) is 47.5 Å². The molecule has 0 saturated heterocycles. The van der Waals surface area contributed by atoms with Crippen LogP contribution in [0.15, 0.2) is 36.4 Å². The van der Waals surface area contributed by atoms with Gasteiger partial charge in [-0.2, -0.15) is 0 Å². The summed E-state index contributed by atoms with van der Waals surface area (Å²) in [7, 11) is 0. The molecule has 126 valence electrons. The molecule has 1 fully saturated rings. The van der Waals surface area contributed by atoms with Crippen LogP contribution in [-0.4, -0.2) is 24.8 Å². The summed E-state index contributed by atoms with van der Waals surface area (Å²) in [6, 6.07) is 8.90. The highest BCUT2D eigenvalue weighted by Crippen LogP contribution is 2.39. The third-order valence-corrected chi connectivity index (χ3v) is 3.55. The standard InChI is InChI=1S/C19H28N2O2/c1-19(2,3)23-18(22)21-13-5-4-12-20-14-15-6-8-16(9-7-15)17-10-11-17/h4-9,17,20H,10-14H2,1-3H3,(H,21,22)/b5-4+. The highest BCUT2D eigenvalue weighted by Gasteiger charge is 2.22. The van der Waals surface area contributed by atoms with Crippen LogP contribution in [0.5, 0.6) is 0 Å². The zero-order valence-corrected chi connectivity index (χ0v) is 14.4. The van der Waals surface area contributed by atoms with E-state index >= 15 is 0 Å². The van der Waals surface area contributed by atoms with Crippen LogP contribution in [0.25, 0.3) is 0 Å². The molecule has 1 saturated carbocycles. The molecule has 0 bridgehead atoms. The highest BCUT2D eigenvalue weighted by molar-refractivity contribution is 5.67. The molecule has 0 unspecified atom stereocenters. The van der Waals surface area contributed by atoms with E-state index in [9.17, 15) is 4.79 Å². The van der Waals surface area contributed by atoms with Gasteiger partial charge in [-0.25, -0.2) is 4.79 Å². The first-order valence-electron chi connectivity index (χ1n) is 8.35. The normalized spacial score (nSPS) is 14.9. The average Bonchev–Trinajstić information content (AvgIpc) is 3.29. The molecule has 23 heavy (non-hydrogen) atoms. The lowest BCUT2D eigenvalue weighted by Gasteiger charge is -2.19. The number of hydrogen-bond acceptors (Lipinski definition) is 3. The minimum absolute atomic E-state index is 0.383. The Kier molecular flexibility index (Phi) is 6.22. The summed E-state index contributed by atoms with van der Waals surface area (Å²) < 4.78 is 5.15. The van der Waals surface area contributed by atoms with Crippen LogP contribution in [-0.2, 0) is 11.3 Å². The molecule has 1 aromatic carbocycles. The summed E-state index contributed by atoms with van der Waals surface area (Å²) >= 11 is 0. The van der Waals surface area contributed by atoms with E-state index in [1.54, 1.807) is 0 Å². The first kappa shape index (κ1) is 17.5. The second-order valence-corrected chi connectivity index (χ2v) is 7.00. The minimum atomic E-state index is -0.454. The van der Waals surface area contributed by atoms with Crippen molar-refractivity contribution in [1.29, 1.82) is 0 Å². The smallest absolute Gasteiger partial charge is 0.407 e. The van der Waals surface area contributed by atoms with Gasteiger partial charge in [-0.3, -0.25) is 0 Å². The number of nitrogens with one attached hydrogen (secondary N) is 2. The van der Waals surface area contributed by atoms with Gasteiger partial charge in [-0.15, -0.1) is 0 Å². The summed E-state index contributed by atoms with van der Waals surface area (Å²) in [6.45, 7) is 7.67. The highest BCUT2D eigenvalue weighted by atomic mass is 16.6. The van der Waals surface area contributed by atoms with Crippen LogP contribution in [0.4, 0.5) is 4.79 Å². The molecule has 4 heteroatoms. The lowest BCUT2D eigenvalue weighted by Crippen LogP contribution is -2.32. The number of ether oxygens (including phenoxy) is 1. The van der Waals surface area contributed by atoms with E-state index in [0.29, 0.717) is 6.54 Å². The third kappa shape index (κ3) is 7.33. The van der Waals surface area contributed by atoms with Crippen molar-refractivity contribution in [3.63, 3.8) is 0 Å². The van der Waals surface area contributed by atoms with Crippen LogP contribution in [0, 0.1) is 0 Å². The lowest BCUT2D eigenvalue weighted by molar-refractivity contribution is 0.0534. The number of alkyl carbamates (subject to hydrolysis) is 1. The Morgan fingerprint density at radius 2 is 1.83 bits per heavy atom. The second-order valence-electron chi connectivity index (χ2n) is 7.00. The molecule has 1 aromatic rings. The number of hydrogen-bond donors (Lipinski definition) is 2. The van der Waals surface area contributed by atoms with Crippen molar-refractivity contribution in [2.75, 3.05) is 13.1 Å². The monoisotopic (exact) mass is 316 g/mol. The number of rotatable bonds is 7. The fraction of sp³-hybridized carbons (Fsp3) is 0.526. The summed E-state index contributed by atoms with van der Waals surface area (Å²) in [5.74, 6) is 0.817. The predicted molar refractivity (Wildman–Crippen MR) is 93.5 cm³/mol. The Labute approximate surface area is 139 Å². The van der Waals surface area contributed by atoms with E-state index in [0.717, 1.165) is 19.0 Å². The first-order valence-corrected chi connectivity index (χ1v) is 8.35. The Balaban J connectivity index is 1.55. The molecule has 0 spiro atoms. The van der Waals surface area contributed by atoms with Crippen LogP contribution >= 0.6 is 0 Å². The number of carbonyl (C=O) groups is 1. The molecule has 1 aliphatic rings. The van der Waals surface area contributed by atoms with Crippen LogP contribution in [0.3, 0.4) is 0 Å². The van der Waals surface area contributed by atoms with Crippen LogP contribution < -0.4 is 10.6 Å². The van der Waals surface area contributed by atoms with Crippen LogP contribution in [0.1, 0.15) is 50.7 Å². The van der Waals surface area contributed by atoms with Gasteiger partial charge in [0.05, 0.1) is 0 Å². The summed E-state index contributed by atoms with van der Waals surface area (Å²) in [4.78, 5) is 11.4. The topological polar surface area (TPSA) is 50.4 Å². The molecule has 2 N–H and O–H groups in total. The fourth-order valence-corrected chi connectivity index (χ4v) is 2.25. The van der Waals surface area contributed by atoms with E-state index in [1.165, 1.54) is 24.0 Å². The maximum atomic E-state index is 11.4. The maximum Gasteiger partial charge on any atom is 0.407 e. The quantitative estimate of drug-likeness (QED) is 0.595. The zero-order valence-electron chi connectivity index (χ0n) is 14.4. The molecule has 0 aliphatic heterocycles. The van der Waals surface area contributed by atoms with Gasteiger partial charge in [0.15, 0.2) is 0 Å². The second kappa shape index (κ2) is 8.16. The Morgan fingerprint density at radius 3 is 2.43 bits per heavy atom. The number of carbonyl (C=O) groups excluding carboxylic acids is 1. The number of amides is 1. The number of benzene rings is 1. The summed E-state index contributed by atoms with van der Waals surface area (Å²) in [6.07, 6.45) is 6.24. The first-order chi connectivity index (χ1) is 10.9. The molecule has 0 radical (unpaired) electrons. The van der Waals surface area contributed by atoms with Gasteiger partial charge in [-0.05, 0) is 50.7 Å². The van der Waals surface area contributed by atoms with E-state index in [1.807, 2.05) is 32.9 Å². The van der Waals surface area contributed by atoms with Crippen molar-refractivity contribution in [1.82, 2.24) is 10.6 Å². The predicted octanol–water partition coefficient (Wildman–Crippen LogP) is 3.73. The molecule has 0 heterocycles. The molecule has 0 aromatic heterocycles. The largest absolute Gasteiger partial charge is 0.444 e. The van der Waals surface area contributed by atoms with E-state index in [4.69, 9.17) is 4.74 Å². The van der Waals surface area contributed by atoms with Gasteiger partial charge in [0.2, 0.25) is 0 Å². The van der Waals surface area contributed by atoms with Crippen molar-refractivity contribution in [2.45, 2.75) is 51.7 Å². The zero-order chi connectivity index (χ0) is 16.7. The Bertz CT molecular complexity index is 525. The average molecular weight is 316 g/mol. The fourth-order valence-electron chi connectivity index (χ4n) is 2.25. The Hall–Kier alpha value is -1.81. The molecular formula is C19H28N2O2. The van der Waals surface area contributed by atoms with Gasteiger partial charge in [0.1, 0.15) is 5.60 Å². The molecule has 2 rings (SSSR count). The lowest BCUT2D eigenvalue weighted by atomic mass is 10.1. The van der Waals surface area contributed by atoms with E-state index in [-0.39, 0.29) is 6.09 Å². The van der Waals surface area contributed by atoms with E-state index in [2.05, 4.69) is 34.9 Å². The van der Waals surface area contributed by atoms with E-state index < -0.39 is 5.60 Å². The van der Waals surface area contributed by atoms with Crippen molar-refractivity contribution >= 4 is 6.09 Å². The SMILES string of the molecule is CC(C)(C)OC(=O)NC/C=C/CNCc1ccc(C2CC2)cc1. The summed E-state index contributed by atoms with van der Waals surface area (Å²) in [5.41, 5.74) is 2.32. The maximum absolute atomic E-state index is 11.4. The van der Waals surface area contributed by atoms with Gasteiger partial charge in [0, 0.05) is 19.6 Å². The molecule has 0 atom stereocenters. The Morgan fingerprint density at radius 1 is 1.17 bits per heavy atom. The van der Waals surface area contributed by atoms with Gasteiger partial charge < -0.3 is 15.4 Å². The van der Waals surface area contributed by atoms with Crippen molar-refractivity contribution in [3.8, 4) is 0 Å². The van der Waals surface area contributed by atoms with Crippen LogP contribution in [0.2, 0.25) is 0 Å². The molecule has 1 amide bonds. The van der Waals surface area contributed by atoms with Crippen molar-refractivity contribution in [2.24, 2.45) is 0 Å².